The minimum atomic E-state index is -0.100. The Hall–Kier alpha value is -0.410. The van der Waals surface area contributed by atoms with Gasteiger partial charge in [0.1, 0.15) is 0 Å². The number of hydrogen-bond donors (Lipinski definition) is 1. The highest BCUT2D eigenvalue weighted by atomic mass is 32.1. The molecule has 0 radical (unpaired) electrons. The summed E-state index contributed by atoms with van der Waals surface area (Å²) in [5.41, 5.74) is 7.45. The zero-order chi connectivity index (χ0) is 11.6. The molecule has 1 rings (SSSR count). The van der Waals surface area contributed by atoms with Crippen molar-refractivity contribution in [3.63, 3.8) is 0 Å². The average molecular weight is 226 g/mol. The van der Waals surface area contributed by atoms with E-state index in [4.69, 9.17) is 5.73 Å². The van der Waals surface area contributed by atoms with Gasteiger partial charge in [0, 0.05) is 16.8 Å². The molecule has 0 aliphatic heterocycles. The Morgan fingerprint density at radius 3 is 2.33 bits per heavy atom. The first-order valence-electron chi connectivity index (χ1n) is 5.61. The van der Waals surface area contributed by atoms with Crippen LogP contribution in [0.15, 0.2) is 0 Å². The quantitative estimate of drug-likeness (QED) is 0.857. The number of thiazole rings is 1. The molecular weight excluding hydrogens is 204 g/mol. The topological polar surface area (TPSA) is 38.9 Å². The van der Waals surface area contributed by atoms with Crippen molar-refractivity contribution in [2.45, 2.75) is 53.0 Å². The highest BCUT2D eigenvalue weighted by Crippen LogP contribution is 2.26. The van der Waals surface area contributed by atoms with Gasteiger partial charge in [-0.05, 0) is 26.2 Å². The first-order valence-corrected chi connectivity index (χ1v) is 6.42. The molecule has 3 heteroatoms. The number of nitrogens with two attached hydrogens (primary N) is 1. The van der Waals surface area contributed by atoms with E-state index in [1.54, 1.807) is 11.3 Å². The van der Waals surface area contributed by atoms with Crippen LogP contribution in [-0.4, -0.2) is 10.5 Å². The summed E-state index contributed by atoms with van der Waals surface area (Å²) < 4.78 is 0. The van der Waals surface area contributed by atoms with Crippen molar-refractivity contribution >= 4 is 11.3 Å². The van der Waals surface area contributed by atoms with Gasteiger partial charge in [0.25, 0.3) is 0 Å². The lowest BCUT2D eigenvalue weighted by Crippen LogP contribution is -2.46. The van der Waals surface area contributed by atoms with Crippen LogP contribution in [0.25, 0.3) is 0 Å². The van der Waals surface area contributed by atoms with Crippen LogP contribution in [-0.2, 0) is 6.42 Å². The zero-order valence-corrected chi connectivity index (χ0v) is 11.2. The van der Waals surface area contributed by atoms with Crippen molar-refractivity contribution < 1.29 is 0 Å². The van der Waals surface area contributed by atoms with Gasteiger partial charge in [-0.3, -0.25) is 0 Å². The maximum atomic E-state index is 6.40. The van der Waals surface area contributed by atoms with E-state index >= 15 is 0 Å². The molecule has 0 aliphatic rings. The predicted molar refractivity (Wildman–Crippen MR) is 67.3 cm³/mol. The summed E-state index contributed by atoms with van der Waals surface area (Å²) in [5, 5.41) is 1.18. The first kappa shape index (κ1) is 12.7. The lowest BCUT2D eigenvalue weighted by molar-refractivity contribution is 0.296. The molecule has 0 saturated heterocycles. The zero-order valence-electron chi connectivity index (χ0n) is 10.4. The molecule has 15 heavy (non-hydrogen) atoms. The summed E-state index contributed by atoms with van der Waals surface area (Å²) in [7, 11) is 0. The van der Waals surface area contributed by atoms with Crippen molar-refractivity contribution in [1.82, 2.24) is 4.98 Å². The van der Waals surface area contributed by atoms with E-state index in [0.717, 1.165) is 18.5 Å². The number of aromatic nitrogens is 1. The fourth-order valence-corrected chi connectivity index (χ4v) is 2.70. The third kappa shape index (κ3) is 2.79. The summed E-state index contributed by atoms with van der Waals surface area (Å²) in [6.45, 7) is 10.7. The molecule has 0 spiro atoms. The minimum absolute atomic E-state index is 0.100. The lowest BCUT2D eigenvalue weighted by atomic mass is 9.82. The second-order valence-corrected chi connectivity index (χ2v) is 5.96. The Kier molecular flexibility index (Phi) is 3.90. The summed E-state index contributed by atoms with van der Waals surface area (Å²) in [5.74, 6) is 0.493. The van der Waals surface area contributed by atoms with Crippen molar-refractivity contribution in [3.8, 4) is 0 Å². The van der Waals surface area contributed by atoms with Crippen LogP contribution in [0.1, 0.15) is 42.8 Å². The van der Waals surface area contributed by atoms with Crippen LogP contribution in [0.2, 0.25) is 0 Å². The third-order valence-corrected chi connectivity index (χ3v) is 4.43. The average Bonchev–Trinajstić information content (AvgIpc) is 2.45. The van der Waals surface area contributed by atoms with E-state index in [0.29, 0.717) is 5.92 Å². The summed E-state index contributed by atoms with van der Waals surface area (Å²) in [6.07, 6.45) is 1.91. The normalized spacial score (nSPS) is 15.7. The van der Waals surface area contributed by atoms with Crippen molar-refractivity contribution in [3.05, 3.63) is 15.6 Å². The van der Waals surface area contributed by atoms with Crippen LogP contribution in [0.5, 0.6) is 0 Å². The van der Waals surface area contributed by atoms with Crippen LogP contribution >= 0.6 is 11.3 Å². The van der Waals surface area contributed by atoms with E-state index < -0.39 is 0 Å². The third-order valence-electron chi connectivity index (χ3n) is 3.36. The van der Waals surface area contributed by atoms with Gasteiger partial charge in [-0.15, -0.1) is 11.3 Å². The number of nitrogens with zero attached hydrogens (tertiary/aromatic N) is 1. The van der Waals surface area contributed by atoms with Gasteiger partial charge < -0.3 is 5.73 Å². The second-order valence-electron chi connectivity index (χ2n) is 4.67. The Balaban J connectivity index is 2.84. The summed E-state index contributed by atoms with van der Waals surface area (Å²) >= 11 is 1.78. The van der Waals surface area contributed by atoms with E-state index in [1.807, 2.05) is 0 Å². The van der Waals surface area contributed by atoms with Gasteiger partial charge in [0.05, 0.1) is 10.7 Å². The largest absolute Gasteiger partial charge is 0.324 e. The maximum absolute atomic E-state index is 6.40. The van der Waals surface area contributed by atoms with Crippen molar-refractivity contribution in [2.24, 2.45) is 11.7 Å². The van der Waals surface area contributed by atoms with Gasteiger partial charge in [0.2, 0.25) is 0 Å². The summed E-state index contributed by atoms with van der Waals surface area (Å²) in [4.78, 5) is 5.88. The summed E-state index contributed by atoms with van der Waals surface area (Å²) in [6, 6.07) is 0. The lowest BCUT2D eigenvalue weighted by Gasteiger charge is -2.31. The van der Waals surface area contributed by atoms with Gasteiger partial charge in [-0.2, -0.15) is 0 Å². The molecular formula is C12H22N2S. The minimum Gasteiger partial charge on any atom is -0.324 e. The number of rotatable bonds is 4. The Labute approximate surface area is 96.9 Å². The fourth-order valence-electron chi connectivity index (χ4n) is 1.63. The van der Waals surface area contributed by atoms with Crippen molar-refractivity contribution in [1.29, 1.82) is 0 Å². The van der Waals surface area contributed by atoms with E-state index in [9.17, 15) is 0 Å². The van der Waals surface area contributed by atoms with Crippen LogP contribution in [0, 0.1) is 19.8 Å². The Morgan fingerprint density at radius 1 is 1.40 bits per heavy atom. The Bertz CT molecular complexity index is 311. The molecule has 0 bridgehead atoms. The van der Waals surface area contributed by atoms with Crippen molar-refractivity contribution in [2.75, 3.05) is 0 Å². The van der Waals surface area contributed by atoms with Gasteiger partial charge in [-0.1, -0.05) is 20.8 Å². The smallest absolute Gasteiger partial charge is 0.0949 e. The molecule has 2 N–H and O–H groups in total. The molecule has 2 nitrogen and oxygen atoms in total. The SMILES string of the molecule is CCC(N)(Cc1nc(C)c(C)s1)C(C)C. The van der Waals surface area contributed by atoms with E-state index in [1.165, 1.54) is 9.88 Å². The van der Waals surface area contributed by atoms with Crippen LogP contribution in [0.4, 0.5) is 0 Å². The highest BCUT2D eigenvalue weighted by Gasteiger charge is 2.28. The molecule has 0 aromatic carbocycles. The molecule has 86 valence electrons. The fraction of sp³-hybridized carbons (Fsp3) is 0.750. The molecule has 0 saturated carbocycles. The second kappa shape index (κ2) is 4.62. The molecule has 1 heterocycles. The predicted octanol–water partition coefficient (Wildman–Crippen LogP) is 3.07. The molecule has 0 aliphatic carbocycles. The molecule has 1 aromatic heterocycles. The monoisotopic (exact) mass is 226 g/mol. The Morgan fingerprint density at radius 2 is 2.00 bits per heavy atom. The number of aryl methyl sites for hydroxylation is 2. The van der Waals surface area contributed by atoms with Gasteiger partial charge >= 0.3 is 0 Å². The number of hydrogen-bond acceptors (Lipinski definition) is 3. The standard InChI is InChI=1S/C12H22N2S/c1-6-12(13,8(2)3)7-11-14-9(4)10(5)15-11/h8H,6-7,13H2,1-5H3. The molecule has 1 atom stereocenters. The van der Waals surface area contributed by atoms with Gasteiger partial charge in [0.15, 0.2) is 0 Å². The molecule has 0 fully saturated rings. The maximum Gasteiger partial charge on any atom is 0.0949 e. The van der Waals surface area contributed by atoms with E-state index in [2.05, 4.69) is 39.6 Å². The molecule has 1 unspecified atom stereocenters. The first-order chi connectivity index (χ1) is 6.89. The van der Waals surface area contributed by atoms with E-state index in [-0.39, 0.29) is 5.54 Å². The molecule has 0 amide bonds. The van der Waals surface area contributed by atoms with Crippen LogP contribution < -0.4 is 5.73 Å². The van der Waals surface area contributed by atoms with Gasteiger partial charge in [-0.25, -0.2) is 4.98 Å². The highest BCUT2D eigenvalue weighted by molar-refractivity contribution is 7.11. The van der Waals surface area contributed by atoms with Crippen LogP contribution in [0.3, 0.4) is 0 Å². The molecule has 1 aromatic rings.